The highest BCUT2D eigenvalue weighted by Crippen LogP contribution is 2.34. The van der Waals surface area contributed by atoms with E-state index in [0.717, 1.165) is 38.3 Å². The predicted molar refractivity (Wildman–Crippen MR) is 145 cm³/mol. The molecule has 0 radical (unpaired) electrons. The quantitative estimate of drug-likeness (QED) is 0.224. The van der Waals surface area contributed by atoms with Crippen LogP contribution in [-0.2, 0) is 0 Å². The number of allylic oxidation sites excluding steroid dienone is 2. The molecule has 2 aromatic rings. The Balaban J connectivity index is 1.34. The SMILES string of the molecule is CP(C)c1ccccc1Nc1ccnc(NC2=CC=C(N3CCN4CCCC4C3)[C@@](N)([N+](=O)[O-])C2)n1. The first-order chi connectivity index (χ1) is 17.3. The van der Waals surface area contributed by atoms with Crippen molar-refractivity contribution in [1.82, 2.24) is 19.8 Å². The van der Waals surface area contributed by atoms with E-state index in [4.69, 9.17) is 5.73 Å². The molecule has 36 heavy (non-hydrogen) atoms. The molecular formula is C25H33N8O2P. The van der Waals surface area contributed by atoms with Crippen LogP contribution in [0, 0.1) is 10.1 Å². The highest BCUT2D eigenvalue weighted by molar-refractivity contribution is 7.64. The molecule has 2 saturated heterocycles. The predicted octanol–water partition coefficient (Wildman–Crippen LogP) is 2.88. The van der Waals surface area contributed by atoms with Crippen molar-refractivity contribution < 1.29 is 4.92 Å². The lowest BCUT2D eigenvalue weighted by atomic mass is 9.93. The van der Waals surface area contributed by atoms with E-state index < -0.39 is 5.66 Å². The average Bonchev–Trinajstić information content (AvgIpc) is 3.32. The minimum Gasteiger partial charge on any atom is -0.365 e. The Morgan fingerprint density at radius 2 is 2.00 bits per heavy atom. The number of nitrogens with one attached hydrogen (secondary N) is 2. The lowest BCUT2D eigenvalue weighted by molar-refractivity contribution is -0.560. The topological polar surface area (TPSA) is 125 Å². The second-order valence-corrected chi connectivity index (χ2v) is 12.1. The highest BCUT2D eigenvalue weighted by Gasteiger charge is 2.49. The van der Waals surface area contributed by atoms with Gasteiger partial charge in [-0.25, -0.2) is 4.98 Å². The van der Waals surface area contributed by atoms with Crippen LogP contribution < -0.4 is 21.7 Å². The second kappa shape index (κ2) is 10.1. The standard InChI is InChI=1S/C25H33N8O2P/c1-36(2)21-8-4-3-7-20(21)29-23-11-12-27-24(30-23)28-18-9-10-22(25(26,16-18)33(34)35)32-15-14-31-13-5-6-19(31)17-32/h3-4,7-12,19H,5-6,13-17,26H2,1-2H3,(H2,27,28,29,30)/t19?,25-/m0/s1. The maximum absolute atomic E-state index is 12.2. The third-order valence-electron chi connectivity index (χ3n) is 7.18. The van der Waals surface area contributed by atoms with Gasteiger partial charge >= 0.3 is 5.66 Å². The summed E-state index contributed by atoms with van der Waals surface area (Å²) < 4.78 is 0. The lowest BCUT2D eigenvalue weighted by Crippen LogP contribution is -2.59. The number of para-hydroxylation sites is 1. The molecule has 0 spiro atoms. The summed E-state index contributed by atoms with van der Waals surface area (Å²) in [6, 6.07) is 10.4. The van der Waals surface area contributed by atoms with Crippen LogP contribution in [0.4, 0.5) is 17.5 Å². The molecule has 2 aliphatic heterocycles. The van der Waals surface area contributed by atoms with Crippen LogP contribution in [0.15, 0.2) is 60.1 Å². The van der Waals surface area contributed by atoms with Gasteiger partial charge in [-0.3, -0.25) is 20.7 Å². The largest absolute Gasteiger partial charge is 0.365 e. The van der Waals surface area contributed by atoms with Gasteiger partial charge in [-0.2, -0.15) is 4.98 Å². The third-order valence-corrected chi connectivity index (χ3v) is 8.53. The summed E-state index contributed by atoms with van der Waals surface area (Å²) in [6.07, 6.45) is 7.68. The van der Waals surface area contributed by atoms with Crippen molar-refractivity contribution in [1.29, 1.82) is 0 Å². The zero-order chi connectivity index (χ0) is 25.3. The molecule has 2 atom stereocenters. The molecular weight excluding hydrogens is 475 g/mol. The molecule has 1 aromatic heterocycles. The van der Waals surface area contributed by atoms with E-state index in [1.54, 1.807) is 18.3 Å². The summed E-state index contributed by atoms with van der Waals surface area (Å²) in [5, 5.41) is 20.0. The van der Waals surface area contributed by atoms with Gasteiger partial charge in [-0.1, -0.05) is 26.1 Å². The average molecular weight is 509 g/mol. The molecule has 5 rings (SSSR count). The smallest absolute Gasteiger partial charge is 0.318 e. The number of hydrogen-bond acceptors (Lipinski definition) is 9. The van der Waals surface area contributed by atoms with Crippen LogP contribution >= 0.6 is 7.92 Å². The van der Waals surface area contributed by atoms with Crippen molar-refractivity contribution in [2.24, 2.45) is 5.73 Å². The number of benzene rings is 1. The monoisotopic (exact) mass is 508 g/mol. The third kappa shape index (κ3) is 4.93. The Hall–Kier alpha value is -3.07. The molecule has 2 fully saturated rings. The van der Waals surface area contributed by atoms with Gasteiger partial charge < -0.3 is 15.5 Å². The first-order valence-corrected chi connectivity index (χ1v) is 14.5. The van der Waals surface area contributed by atoms with Crippen molar-refractivity contribution in [3.8, 4) is 0 Å². The first kappa shape index (κ1) is 24.6. The summed E-state index contributed by atoms with van der Waals surface area (Å²) in [5.41, 5.74) is 6.98. The van der Waals surface area contributed by atoms with Crippen LogP contribution in [0.5, 0.6) is 0 Å². The maximum atomic E-state index is 12.2. The minimum absolute atomic E-state index is 0.0382. The first-order valence-electron chi connectivity index (χ1n) is 12.3. The Morgan fingerprint density at radius 1 is 1.17 bits per heavy atom. The molecule has 1 aromatic carbocycles. The summed E-state index contributed by atoms with van der Waals surface area (Å²) in [4.78, 5) is 25.3. The molecule has 4 N–H and O–H groups in total. The molecule has 0 bridgehead atoms. The zero-order valence-electron chi connectivity index (χ0n) is 20.7. The lowest BCUT2D eigenvalue weighted by Gasteiger charge is -2.42. The van der Waals surface area contributed by atoms with Gasteiger partial charge in [0.2, 0.25) is 5.95 Å². The van der Waals surface area contributed by atoms with Crippen molar-refractivity contribution in [3.05, 3.63) is 70.2 Å². The maximum Gasteiger partial charge on any atom is 0.318 e. The van der Waals surface area contributed by atoms with Crippen LogP contribution in [-0.4, -0.2) is 75.9 Å². The van der Waals surface area contributed by atoms with Crippen molar-refractivity contribution in [2.75, 3.05) is 50.1 Å². The highest BCUT2D eigenvalue weighted by atomic mass is 31.1. The van der Waals surface area contributed by atoms with Crippen molar-refractivity contribution in [2.45, 2.75) is 31.0 Å². The molecule has 11 heteroatoms. The van der Waals surface area contributed by atoms with Gasteiger partial charge in [0.05, 0.1) is 6.42 Å². The number of fused-ring (bicyclic) bond motifs is 1. The summed E-state index contributed by atoms with van der Waals surface area (Å²) in [7, 11) is -0.286. The number of nitro groups is 1. The molecule has 10 nitrogen and oxygen atoms in total. The fourth-order valence-electron chi connectivity index (χ4n) is 5.34. The number of rotatable bonds is 7. The van der Waals surface area contributed by atoms with Crippen LogP contribution in [0.25, 0.3) is 0 Å². The normalized spacial score (nSPS) is 24.2. The van der Waals surface area contributed by atoms with Gasteiger partial charge in [0.25, 0.3) is 0 Å². The zero-order valence-corrected chi connectivity index (χ0v) is 21.6. The Bertz CT molecular complexity index is 1200. The van der Waals surface area contributed by atoms with E-state index >= 15 is 0 Å². The van der Waals surface area contributed by atoms with E-state index in [0.29, 0.717) is 29.2 Å². The van der Waals surface area contributed by atoms with E-state index in [1.807, 2.05) is 24.3 Å². The van der Waals surface area contributed by atoms with Crippen molar-refractivity contribution in [3.63, 3.8) is 0 Å². The minimum atomic E-state index is -1.70. The fraction of sp³-hybridized carbons (Fsp3) is 0.440. The molecule has 1 aliphatic carbocycles. The van der Waals surface area contributed by atoms with Gasteiger partial charge in [0.15, 0.2) is 0 Å². The van der Waals surface area contributed by atoms with E-state index in [1.165, 1.54) is 11.7 Å². The molecule has 3 aliphatic rings. The molecule has 0 saturated carbocycles. The Labute approximate surface area is 212 Å². The molecule has 1 unspecified atom stereocenters. The molecule has 0 amide bonds. The van der Waals surface area contributed by atoms with Gasteiger partial charge in [-0.05, 0) is 62.3 Å². The number of aromatic nitrogens is 2. The van der Waals surface area contributed by atoms with Crippen LogP contribution in [0.2, 0.25) is 0 Å². The fourth-order valence-corrected chi connectivity index (χ4v) is 6.33. The van der Waals surface area contributed by atoms with Crippen molar-refractivity contribution >= 4 is 30.7 Å². The van der Waals surface area contributed by atoms with E-state index in [9.17, 15) is 10.1 Å². The van der Waals surface area contributed by atoms with Crippen LogP contribution in [0.1, 0.15) is 19.3 Å². The number of anilines is 3. The molecule has 190 valence electrons. The van der Waals surface area contributed by atoms with E-state index in [-0.39, 0.29) is 19.3 Å². The van der Waals surface area contributed by atoms with Gasteiger partial charge in [-0.15, -0.1) is 0 Å². The second-order valence-electron chi connectivity index (χ2n) is 9.81. The molecule has 3 heterocycles. The van der Waals surface area contributed by atoms with Crippen LogP contribution in [0.3, 0.4) is 0 Å². The Kier molecular flexibility index (Phi) is 6.92. The number of hydrogen-bond donors (Lipinski definition) is 3. The van der Waals surface area contributed by atoms with Gasteiger partial charge in [0, 0.05) is 48.2 Å². The number of nitrogens with zero attached hydrogens (tertiary/aromatic N) is 5. The number of piperazine rings is 1. The summed E-state index contributed by atoms with van der Waals surface area (Å²) in [5.74, 6) is 1.01. The number of nitrogens with two attached hydrogens (primary N) is 1. The van der Waals surface area contributed by atoms with Gasteiger partial charge in [0.1, 0.15) is 11.5 Å². The summed E-state index contributed by atoms with van der Waals surface area (Å²) >= 11 is 0. The summed E-state index contributed by atoms with van der Waals surface area (Å²) in [6.45, 7) is 7.99. The van der Waals surface area contributed by atoms with E-state index in [2.05, 4.69) is 49.8 Å². The Morgan fingerprint density at radius 3 is 2.81 bits per heavy atom.